The second kappa shape index (κ2) is 80.0. The lowest BCUT2D eigenvalue weighted by Gasteiger charge is -2.20. The van der Waals surface area contributed by atoms with E-state index in [1.54, 1.807) is 6.08 Å². The number of carbonyl (C=O) groups is 2. The lowest BCUT2D eigenvalue weighted by molar-refractivity contribution is -0.143. The van der Waals surface area contributed by atoms with Crippen molar-refractivity contribution < 1.29 is 24.5 Å². The highest BCUT2D eigenvalue weighted by Gasteiger charge is 2.18. The van der Waals surface area contributed by atoms with Crippen molar-refractivity contribution in [2.45, 2.75) is 456 Å². The van der Waals surface area contributed by atoms with Crippen LogP contribution in [-0.4, -0.2) is 47.4 Å². The largest absolute Gasteiger partial charge is 0.466 e. The number of hydrogen-bond acceptors (Lipinski definition) is 5. The highest BCUT2D eigenvalue weighted by Crippen LogP contribution is 2.19. The predicted octanol–water partition coefficient (Wildman–Crippen LogP) is 27.3. The topological polar surface area (TPSA) is 95.9 Å². The van der Waals surface area contributed by atoms with E-state index < -0.39 is 12.1 Å². The van der Waals surface area contributed by atoms with Crippen LogP contribution in [0.3, 0.4) is 0 Å². The van der Waals surface area contributed by atoms with Crippen LogP contribution in [0.4, 0.5) is 0 Å². The van der Waals surface area contributed by atoms with E-state index in [-0.39, 0.29) is 18.5 Å². The minimum absolute atomic E-state index is 0.0111. The Morgan fingerprint density at radius 2 is 0.549 bits per heavy atom. The minimum Gasteiger partial charge on any atom is -0.466 e. The maximum Gasteiger partial charge on any atom is 0.305 e. The van der Waals surface area contributed by atoms with E-state index in [0.29, 0.717) is 19.4 Å². The van der Waals surface area contributed by atoms with Crippen LogP contribution in [0.5, 0.6) is 0 Å². The Bertz CT molecular complexity index is 1570. The van der Waals surface area contributed by atoms with Gasteiger partial charge >= 0.3 is 5.97 Å². The predicted molar refractivity (Wildman–Crippen MR) is 402 cm³/mol. The first-order valence-electron chi connectivity index (χ1n) is 41.1. The third-order valence-electron chi connectivity index (χ3n) is 19.0. The van der Waals surface area contributed by atoms with E-state index in [9.17, 15) is 19.8 Å². The number of amides is 1. The number of ether oxygens (including phenoxy) is 1. The number of nitrogens with one attached hydrogen (secondary N) is 1. The molecule has 91 heavy (non-hydrogen) atoms. The number of unbranched alkanes of at least 4 members (excludes halogenated alkanes) is 58. The number of hydrogen-bond donors (Lipinski definition) is 3. The molecule has 0 heterocycles. The molecule has 6 heteroatoms. The third kappa shape index (κ3) is 76.5. The molecular formula is C85H159NO5. The van der Waals surface area contributed by atoms with Crippen molar-refractivity contribution in [1.29, 1.82) is 0 Å². The Hall–Kier alpha value is -2.44. The zero-order valence-electron chi connectivity index (χ0n) is 61.3. The van der Waals surface area contributed by atoms with Crippen LogP contribution in [0.2, 0.25) is 0 Å². The summed E-state index contributed by atoms with van der Waals surface area (Å²) in [5, 5.41) is 23.3. The standard InChI is InChI=1S/C85H159NO5/c1-3-5-7-9-11-13-15-17-19-21-22-42-46-49-53-57-61-65-69-73-77-83(88)82(81-87)86-84(89)78-74-70-66-62-58-54-50-47-43-40-38-36-34-32-30-28-26-24-23-25-27-29-31-33-35-37-39-41-44-48-52-56-60-64-68-72-76-80-91-85(90)79-75-71-67-63-59-55-51-45-20-18-16-14-12-10-8-6-4-2/h12,14,18,20,23,25,29,31,73,77,82-83,87-88H,3-11,13,15-17,19,21-22,24,26-28,30,32-72,74-76,78-81H2,1-2H3,(H,86,89)/b14-12-,20-18-,25-23-,31-29-,77-73+. The number of esters is 1. The Morgan fingerprint density at radius 3 is 0.857 bits per heavy atom. The van der Waals surface area contributed by atoms with Crippen LogP contribution in [-0.2, 0) is 14.3 Å². The molecule has 0 rings (SSSR count). The molecule has 0 fully saturated rings. The second-order valence-electron chi connectivity index (χ2n) is 28.1. The van der Waals surface area contributed by atoms with Crippen LogP contribution < -0.4 is 5.32 Å². The van der Waals surface area contributed by atoms with Crippen LogP contribution in [0.15, 0.2) is 60.8 Å². The van der Waals surface area contributed by atoms with Gasteiger partial charge in [-0.05, 0) is 96.3 Å². The van der Waals surface area contributed by atoms with Crippen molar-refractivity contribution in [2.24, 2.45) is 0 Å². The zero-order chi connectivity index (χ0) is 65.6. The molecule has 0 radical (unpaired) electrons. The van der Waals surface area contributed by atoms with E-state index in [0.717, 1.165) is 57.8 Å². The SMILES string of the molecule is CCCCC/C=C\C/C=C\CCCCCCCCCC(=O)OCCCCCCCCCCCCCCC/C=C\C/C=C\CCCCCCCCCCCCCCCCCCCC(=O)NC(CO)C(O)/C=C/CCCCCCCCCCCCCCCCCCCC. The highest BCUT2D eigenvalue weighted by molar-refractivity contribution is 5.76. The maximum atomic E-state index is 12.5. The molecule has 0 aromatic heterocycles. The number of rotatable bonds is 77. The first-order chi connectivity index (χ1) is 45.0. The Labute approximate surface area is 569 Å². The lowest BCUT2D eigenvalue weighted by atomic mass is 10.0. The van der Waals surface area contributed by atoms with Crippen molar-refractivity contribution >= 4 is 11.9 Å². The average molecular weight is 1280 g/mol. The second-order valence-corrected chi connectivity index (χ2v) is 28.1. The quantitative estimate of drug-likeness (QED) is 0.0320. The molecule has 2 unspecified atom stereocenters. The summed E-state index contributed by atoms with van der Waals surface area (Å²) in [4.78, 5) is 24.6. The van der Waals surface area contributed by atoms with E-state index in [1.807, 2.05) is 6.08 Å². The summed E-state index contributed by atoms with van der Waals surface area (Å²) in [6, 6.07) is -0.628. The maximum absolute atomic E-state index is 12.5. The van der Waals surface area contributed by atoms with Crippen LogP contribution >= 0.6 is 0 Å². The molecule has 0 aromatic rings. The lowest BCUT2D eigenvalue weighted by Crippen LogP contribution is -2.45. The molecule has 0 aromatic carbocycles. The van der Waals surface area contributed by atoms with E-state index in [2.05, 4.69) is 67.8 Å². The number of carbonyl (C=O) groups excluding carboxylic acids is 2. The van der Waals surface area contributed by atoms with Gasteiger partial charge in [0, 0.05) is 12.8 Å². The summed E-state index contributed by atoms with van der Waals surface area (Å²) in [5.41, 5.74) is 0. The molecule has 0 saturated carbocycles. The minimum atomic E-state index is -0.844. The molecule has 0 spiro atoms. The van der Waals surface area contributed by atoms with E-state index >= 15 is 0 Å². The molecule has 0 bridgehead atoms. The summed E-state index contributed by atoms with van der Waals surface area (Å²) in [5.74, 6) is -0.0504. The van der Waals surface area contributed by atoms with Gasteiger partial charge in [-0.1, -0.05) is 396 Å². The summed E-state index contributed by atoms with van der Waals surface area (Å²) in [6.45, 7) is 4.92. The molecule has 3 N–H and O–H groups in total. The van der Waals surface area contributed by atoms with Gasteiger partial charge in [-0.3, -0.25) is 9.59 Å². The Balaban J connectivity index is 3.38. The van der Waals surface area contributed by atoms with Crippen molar-refractivity contribution in [1.82, 2.24) is 5.32 Å². The van der Waals surface area contributed by atoms with E-state index in [4.69, 9.17) is 4.74 Å². The fourth-order valence-corrected chi connectivity index (χ4v) is 12.8. The summed E-state index contributed by atoms with van der Waals surface area (Å²) in [7, 11) is 0. The van der Waals surface area contributed by atoms with E-state index in [1.165, 1.54) is 360 Å². The Kier molecular flexibility index (Phi) is 77.9. The van der Waals surface area contributed by atoms with Crippen molar-refractivity contribution in [3.8, 4) is 0 Å². The van der Waals surface area contributed by atoms with Gasteiger partial charge in [0.25, 0.3) is 0 Å². The van der Waals surface area contributed by atoms with Gasteiger partial charge in [0.1, 0.15) is 0 Å². The molecule has 2 atom stereocenters. The molecule has 0 aliphatic carbocycles. The number of aliphatic hydroxyl groups excluding tert-OH is 2. The molecular weight excluding hydrogens is 1110 g/mol. The van der Waals surface area contributed by atoms with Crippen LogP contribution in [0.1, 0.15) is 444 Å². The zero-order valence-corrected chi connectivity index (χ0v) is 61.3. The van der Waals surface area contributed by atoms with Gasteiger partial charge in [0.2, 0.25) is 5.91 Å². The summed E-state index contributed by atoms with van der Waals surface area (Å²) < 4.78 is 5.50. The van der Waals surface area contributed by atoms with Crippen molar-refractivity contribution in [2.75, 3.05) is 13.2 Å². The van der Waals surface area contributed by atoms with Crippen molar-refractivity contribution in [3.05, 3.63) is 60.8 Å². The number of aliphatic hydroxyl groups is 2. The third-order valence-corrected chi connectivity index (χ3v) is 19.0. The average Bonchev–Trinajstić information content (AvgIpc) is 3.65. The van der Waals surface area contributed by atoms with Gasteiger partial charge in [0.15, 0.2) is 0 Å². The van der Waals surface area contributed by atoms with Crippen LogP contribution in [0.25, 0.3) is 0 Å². The first kappa shape index (κ1) is 88.6. The summed E-state index contributed by atoms with van der Waals surface area (Å²) >= 11 is 0. The fourth-order valence-electron chi connectivity index (χ4n) is 12.8. The normalized spacial score (nSPS) is 12.8. The van der Waals surface area contributed by atoms with Crippen molar-refractivity contribution in [3.63, 3.8) is 0 Å². The fraction of sp³-hybridized carbons (Fsp3) is 0.859. The smallest absolute Gasteiger partial charge is 0.305 e. The van der Waals surface area contributed by atoms with Gasteiger partial charge in [0.05, 0.1) is 25.4 Å². The molecule has 1 amide bonds. The molecule has 0 aliphatic rings. The monoisotopic (exact) mass is 1270 g/mol. The molecule has 6 nitrogen and oxygen atoms in total. The van der Waals surface area contributed by atoms with Gasteiger partial charge in [-0.25, -0.2) is 0 Å². The number of allylic oxidation sites excluding steroid dienone is 9. The molecule has 534 valence electrons. The van der Waals surface area contributed by atoms with Gasteiger partial charge < -0.3 is 20.3 Å². The molecule has 0 aliphatic heterocycles. The Morgan fingerprint density at radius 1 is 0.308 bits per heavy atom. The van der Waals surface area contributed by atoms with Gasteiger partial charge in [-0.15, -0.1) is 0 Å². The molecule has 0 saturated heterocycles. The highest BCUT2D eigenvalue weighted by atomic mass is 16.5. The van der Waals surface area contributed by atoms with Gasteiger partial charge in [-0.2, -0.15) is 0 Å². The first-order valence-corrected chi connectivity index (χ1v) is 41.1. The summed E-state index contributed by atoms with van der Waals surface area (Å²) in [6.07, 6.45) is 108. The van der Waals surface area contributed by atoms with Crippen LogP contribution in [0, 0.1) is 0 Å².